The van der Waals surface area contributed by atoms with E-state index in [0.29, 0.717) is 12.2 Å². The van der Waals surface area contributed by atoms with Crippen LogP contribution in [0.4, 0.5) is 5.82 Å². The predicted molar refractivity (Wildman–Crippen MR) is 76.1 cm³/mol. The minimum absolute atomic E-state index is 0.0427. The molecule has 8 heteroatoms. The summed E-state index contributed by atoms with van der Waals surface area (Å²) in [5, 5.41) is 9.52. The van der Waals surface area contributed by atoms with Crippen LogP contribution in [-0.2, 0) is 21.1 Å². The van der Waals surface area contributed by atoms with Crippen molar-refractivity contribution >= 4 is 33.3 Å². The highest BCUT2D eigenvalue weighted by Crippen LogP contribution is 2.24. The summed E-state index contributed by atoms with van der Waals surface area (Å²) >= 11 is 1.40. The molecule has 0 spiro atoms. The highest BCUT2D eigenvalue weighted by atomic mass is 32.2. The molecule has 0 aliphatic carbocycles. The Hall–Kier alpha value is -1.02. The van der Waals surface area contributed by atoms with Crippen LogP contribution in [0.3, 0.4) is 0 Å². The molecule has 2 rings (SSSR count). The largest absolute Gasteiger partial charge is 0.308 e. The van der Waals surface area contributed by atoms with Gasteiger partial charge in [0.25, 0.3) is 0 Å². The molecular weight excluding hydrogens is 286 g/mol. The first-order valence-corrected chi connectivity index (χ1v) is 9.01. The quantitative estimate of drug-likeness (QED) is 0.840. The smallest absolute Gasteiger partial charge is 0.235 e. The van der Waals surface area contributed by atoms with Gasteiger partial charge in [-0.2, -0.15) is 5.10 Å². The van der Waals surface area contributed by atoms with Crippen LogP contribution in [0.5, 0.6) is 0 Å². The van der Waals surface area contributed by atoms with Crippen molar-refractivity contribution in [2.45, 2.75) is 25.0 Å². The van der Waals surface area contributed by atoms with Gasteiger partial charge in [-0.1, -0.05) is 6.92 Å². The molecule has 0 bridgehead atoms. The number of hydrogen-bond donors (Lipinski definition) is 2. The average molecular weight is 303 g/mol. The number of H-pyrrole nitrogens is 1. The number of aromatic nitrogens is 2. The van der Waals surface area contributed by atoms with Crippen LogP contribution in [0.25, 0.3) is 0 Å². The summed E-state index contributed by atoms with van der Waals surface area (Å²) in [6, 6.07) is 1.79. The minimum atomic E-state index is -2.87. The molecule has 0 radical (unpaired) electrons. The van der Waals surface area contributed by atoms with Crippen molar-refractivity contribution in [3.63, 3.8) is 0 Å². The first kappa shape index (κ1) is 14.4. The third kappa shape index (κ3) is 4.24. The van der Waals surface area contributed by atoms with E-state index in [2.05, 4.69) is 15.5 Å². The second kappa shape index (κ2) is 5.96. The van der Waals surface area contributed by atoms with E-state index in [4.69, 9.17) is 0 Å². The number of carbonyl (C=O) groups excluding carboxylic acids is 1. The van der Waals surface area contributed by atoms with Crippen LogP contribution in [0.1, 0.15) is 19.0 Å². The van der Waals surface area contributed by atoms with Gasteiger partial charge >= 0.3 is 0 Å². The van der Waals surface area contributed by atoms with E-state index in [1.165, 1.54) is 11.8 Å². The van der Waals surface area contributed by atoms with E-state index in [-0.39, 0.29) is 28.4 Å². The SMILES string of the molecule is CCc1cc(NC(=O)CSC2CCS(=O)(=O)C2)n[nH]1. The van der Waals surface area contributed by atoms with Crippen LogP contribution in [-0.4, -0.2) is 47.0 Å². The van der Waals surface area contributed by atoms with Gasteiger partial charge in [-0.15, -0.1) is 11.8 Å². The normalized spacial score (nSPS) is 21.4. The van der Waals surface area contributed by atoms with E-state index in [1.807, 2.05) is 6.92 Å². The summed E-state index contributed by atoms with van der Waals surface area (Å²) in [5.74, 6) is 1.05. The number of thioether (sulfide) groups is 1. The first-order valence-electron chi connectivity index (χ1n) is 6.14. The molecule has 1 amide bonds. The van der Waals surface area contributed by atoms with Gasteiger partial charge in [0, 0.05) is 17.0 Å². The number of sulfone groups is 1. The summed E-state index contributed by atoms with van der Waals surface area (Å²) in [6.45, 7) is 2.00. The fraction of sp³-hybridized carbons (Fsp3) is 0.636. The maximum atomic E-state index is 11.7. The van der Waals surface area contributed by atoms with Gasteiger partial charge in [0.1, 0.15) is 0 Å². The molecule has 1 unspecified atom stereocenters. The summed E-state index contributed by atoms with van der Waals surface area (Å²) < 4.78 is 22.6. The van der Waals surface area contributed by atoms with Crippen molar-refractivity contribution in [3.8, 4) is 0 Å². The number of rotatable bonds is 5. The lowest BCUT2D eigenvalue weighted by Crippen LogP contribution is -2.17. The number of nitrogens with one attached hydrogen (secondary N) is 2. The topological polar surface area (TPSA) is 91.9 Å². The summed E-state index contributed by atoms with van der Waals surface area (Å²) in [4.78, 5) is 11.7. The molecule has 19 heavy (non-hydrogen) atoms. The van der Waals surface area contributed by atoms with Gasteiger partial charge in [0.05, 0.1) is 17.3 Å². The molecule has 106 valence electrons. The van der Waals surface area contributed by atoms with Crippen molar-refractivity contribution in [1.29, 1.82) is 0 Å². The van der Waals surface area contributed by atoms with Crippen LogP contribution in [0.15, 0.2) is 6.07 Å². The molecule has 1 saturated heterocycles. The van der Waals surface area contributed by atoms with Crippen molar-refractivity contribution in [2.75, 3.05) is 22.6 Å². The van der Waals surface area contributed by atoms with E-state index >= 15 is 0 Å². The highest BCUT2D eigenvalue weighted by molar-refractivity contribution is 8.02. The maximum Gasteiger partial charge on any atom is 0.235 e. The standard InChI is InChI=1S/C11H17N3O3S2/c1-2-8-5-10(14-13-8)12-11(15)6-18-9-3-4-19(16,17)7-9/h5,9H,2-4,6-7H2,1H3,(H2,12,13,14,15). The molecule has 1 aromatic heterocycles. The molecule has 1 atom stereocenters. The van der Waals surface area contributed by atoms with Gasteiger partial charge in [-0.05, 0) is 12.8 Å². The zero-order chi connectivity index (χ0) is 13.9. The monoisotopic (exact) mass is 303 g/mol. The number of hydrogen-bond acceptors (Lipinski definition) is 5. The molecule has 0 aromatic carbocycles. The fourth-order valence-electron chi connectivity index (χ4n) is 1.87. The number of nitrogens with zero attached hydrogens (tertiary/aromatic N) is 1. The molecule has 6 nitrogen and oxygen atoms in total. The molecule has 1 aliphatic heterocycles. The second-order valence-electron chi connectivity index (χ2n) is 4.52. The van der Waals surface area contributed by atoms with Gasteiger partial charge in [0.15, 0.2) is 15.7 Å². The van der Waals surface area contributed by atoms with Gasteiger partial charge in [-0.3, -0.25) is 9.89 Å². The number of aromatic amines is 1. The van der Waals surface area contributed by atoms with E-state index in [9.17, 15) is 13.2 Å². The average Bonchev–Trinajstić information content (AvgIpc) is 2.93. The van der Waals surface area contributed by atoms with Crippen molar-refractivity contribution in [2.24, 2.45) is 0 Å². The Morgan fingerprint density at radius 1 is 1.63 bits per heavy atom. The molecular formula is C11H17N3O3S2. The number of anilines is 1. The minimum Gasteiger partial charge on any atom is -0.308 e. The lowest BCUT2D eigenvalue weighted by molar-refractivity contribution is -0.113. The fourth-order valence-corrected chi connectivity index (χ4v) is 5.31. The third-order valence-electron chi connectivity index (χ3n) is 2.92. The molecule has 2 N–H and O–H groups in total. The number of amides is 1. The molecule has 1 fully saturated rings. The van der Waals surface area contributed by atoms with Crippen molar-refractivity contribution < 1.29 is 13.2 Å². The Morgan fingerprint density at radius 3 is 3.00 bits per heavy atom. The number of aryl methyl sites for hydroxylation is 1. The van der Waals surface area contributed by atoms with Crippen molar-refractivity contribution in [1.82, 2.24) is 10.2 Å². The number of carbonyl (C=O) groups is 1. The van der Waals surface area contributed by atoms with E-state index < -0.39 is 9.84 Å². The molecule has 1 aromatic rings. The zero-order valence-electron chi connectivity index (χ0n) is 10.7. The molecule has 2 heterocycles. The van der Waals surface area contributed by atoms with E-state index in [0.717, 1.165) is 12.1 Å². The van der Waals surface area contributed by atoms with Crippen LogP contribution < -0.4 is 5.32 Å². The molecule has 0 saturated carbocycles. The second-order valence-corrected chi connectivity index (χ2v) is 8.03. The van der Waals surface area contributed by atoms with Crippen molar-refractivity contribution in [3.05, 3.63) is 11.8 Å². The van der Waals surface area contributed by atoms with Crippen LogP contribution in [0.2, 0.25) is 0 Å². The maximum absolute atomic E-state index is 11.7. The Labute approximate surface area is 116 Å². The lowest BCUT2D eigenvalue weighted by Gasteiger charge is -2.06. The lowest BCUT2D eigenvalue weighted by atomic mass is 10.3. The van der Waals surface area contributed by atoms with Crippen LogP contribution in [0, 0.1) is 0 Å². The van der Waals surface area contributed by atoms with Crippen LogP contribution >= 0.6 is 11.8 Å². The Bertz CT molecular complexity index is 553. The summed E-state index contributed by atoms with van der Waals surface area (Å²) in [6.07, 6.45) is 1.47. The van der Waals surface area contributed by atoms with Gasteiger partial charge in [-0.25, -0.2) is 8.42 Å². The first-order chi connectivity index (χ1) is 8.98. The summed E-state index contributed by atoms with van der Waals surface area (Å²) in [7, 11) is -2.87. The Kier molecular flexibility index (Phi) is 4.51. The highest BCUT2D eigenvalue weighted by Gasteiger charge is 2.28. The van der Waals surface area contributed by atoms with Gasteiger partial charge in [0.2, 0.25) is 5.91 Å². The zero-order valence-corrected chi connectivity index (χ0v) is 12.3. The van der Waals surface area contributed by atoms with E-state index in [1.54, 1.807) is 6.07 Å². The predicted octanol–water partition coefficient (Wildman–Crippen LogP) is 0.831. The summed E-state index contributed by atoms with van der Waals surface area (Å²) in [5.41, 5.74) is 0.963. The Morgan fingerprint density at radius 2 is 2.42 bits per heavy atom. The third-order valence-corrected chi connectivity index (χ3v) is 6.20. The van der Waals surface area contributed by atoms with Gasteiger partial charge < -0.3 is 5.32 Å². The molecule has 1 aliphatic rings. The Balaban J connectivity index is 1.76.